The summed E-state index contributed by atoms with van der Waals surface area (Å²) in [7, 11) is 0. The normalized spacial score (nSPS) is 20.4. The van der Waals surface area contributed by atoms with Gasteiger partial charge < -0.3 is 19.2 Å². The zero-order chi connectivity index (χ0) is 18.9. The van der Waals surface area contributed by atoms with E-state index in [1.54, 1.807) is 0 Å². The van der Waals surface area contributed by atoms with Gasteiger partial charge in [0.2, 0.25) is 11.8 Å². The molecular weight excluding hydrogens is 362 g/mol. The summed E-state index contributed by atoms with van der Waals surface area (Å²) >= 11 is 0. The Morgan fingerprint density at radius 1 is 1.38 bits per heavy atom. The van der Waals surface area contributed by atoms with Gasteiger partial charge in [-0.15, -0.1) is 0 Å². The molecule has 0 spiro atoms. The van der Waals surface area contributed by atoms with E-state index in [2.05, 4.69) is 9.97 Å². The van der Waals surface area contributed by atoms with Gasteiger partial charge in [-0.05, 0) is 6.07 Å². The zero-order valence-electron chi connectivity index (χ0n) is 13.1. The number of likely N-dealkylation sites (tertiary alicyclic amines) is 1. The zero-order valence-corrected chi connectivity index (χ0v) is 13.1. The number of hydrogen-bond donors (Lipinski definition) is 1. The molecule has 1 aliphatic rings. The molecule has 1 amide bonds. The molecule has 1 aliphatic heterocycles. The Morgan fingerprint density at radius 3 is 2.73 bits per heavy atom. The van der Waals surface area contributed by atoms with Gasteiger partial charge in [-0.3, -0.25) is 4.79 Å². The molecule has 0 saturated carbocycles. The maximum Gasteiger partial charge on any atom is 0.417 e. The SMILES string of the molecule is O=C(c1coc(COc2ccc(C(F)(F)F)cn2)n1)N1C[C@@H](O)[C@H](F)C1. The van der Waals surface area contributed by atoms with Crippen LogP contribution in [0.4, 0.5) is 17.6 Å². The molecule has 0 bridgehead atoms. The Balaban J connectivity index is 1.58. The highest BCUT2D eigenvalue weighted by Gasteiger charge is 2.35. The van der Waals surface area contributed by atoms with Crippen LogP contribution in [-0.2, 0) is 12.8 Å². The number of aliphatic hydroxyl groups excluding tert-OH is 1. The van der Waals surface area contributed by atoms with Gasteiger partial charge in [0.15, 0.2) is 12.3 Å². The largest absolute Gasteiger partial charge is 0.468 e. The quantitative estimate of drug-likeness (QED) is 0.821. The number of carbonyl (C=O) groups is 1. The van der Waals surface area contributed by atoms with E-state index in [1.165, 1.54) is 0 Å². The van der Waals surface area contributed by atoms with Crippen molar-refractivity contribution in [3.8, 4) is 5.88 Å². The van der Waals surface area contributed by atoms with Gasteiger partial charge in [-0.2, -0.15) is 13.2 Å². The first kappa shape index (κ1) is 18.1. The molecule has 2 atom stereocenters. The fourth-order valence-corrected chi connectivity index (χ4v) is 2.32. The Morgan fingerprint density at radius 2 is 2.15 bits per heavy atom. The number of carbonyl (C=O) groups excluding carboxylic acids is 1. The van der Waals surface area contributed by atoms with E-state index >= 15 is 0 Å². The number of amides is 1. The third kappa shape index (κ3) is 3.93. The lowest BCUT2D eigenvalue weighted by Crippen LogP contribution is -2.29. The molecular formula is C15H13F4N3O4. The number of pyridine rings is 1. The molecule has 26 heavy (non-hydrogen) atoms. The van der Waals surface area contributed by atoms with Gasteiger partial charge >= 0.3 is 6.18 Å². The Hall–Kier alpha value is -2.69. The summed E-state index contributed by atoms with van der Waals surface area (Å²) in [4.78, 5) is 20.6. The summed E-state index contributed by atoms with van der Waals surface area (Å²) in [6, 6.07) is 1.86. The number of ether oxygens (including phenoxy) is 1. The highest BCUT2D eigenvalue weighted by atomic mass is 19.4. The van der Waals surface area contributed by atoms with Crippen LogP contribution in [0, 0.1) is 0 Å². The first-order chi connectivity index (χ1) is 12.2. The number of nitrogens with zero attached hydrogens (tertiary/aromatic N) is 3. The van der Waals surface area contributed by atoms with Crippen molar-refractivity contribution in [2.45, 2.75) is 25.1 Å². The molecule has 0 aliphatic carbocycles. The summed E-state index contributed by atoms with van der Waals surface area (Å²) in [6.45, 7) is -0.650. The number of β-amino-alcohol motifs (C(OH)–C–C–N with tert-alkyl or cyclic N) is 1. The number of aromatic nitrogens is 2. The molecule has 0 unspecified atom stereocenters. The van der Waals surface area contributed by atoms with Crippen LogP contribution in [0.2, 0.25) is 0 Å². The molecule has 1 N–H and O–H groups in total. The third-order valence-corrected chi connectivity index (χ3v) is 3.69. The van der Waals surface area contributed by atoms with Crippen molar-refractivity contribution < 1.29 is 36.6 Å². The van der Waals surface area contributed by atoms with Gasteiger partial charge in [0.05, 0.1) is 18.7 Å². The summed E-state index contributed by atoms with van der Waals surface area (Å²) in [5, 5.41) is 9.34. The van der Waals surface area contributed by atoms with Gasteiger partial charge in [0.1, 0.15) is 18.5 Å². The Labute approximate surface area is 144 Å². The number of alkyl halides is 4. The highest BCUT2D eigenvalue weighted by molar-refractivity contribution is 5.92. The molecule has 3 heterocycles. The van der Waals surface area contributed by atoms with Crippen LogP contribution in [0.25, 0.3) is 0 Å². The van der Waals surface area contributed by atoms with Crippen molar-refractivity contribution in [1.82, 2.24) is 14.9 Å². The highest BCUT2D eigenvalue weighted by Crippen LogP contribution is 2.29. The molecule has 1 fully saturated rings. The lowest BCUT2D eigenvalue weighted by molar-refractivity contribution is -0.137. The Kier molecular flexibility index (Phi) is 4.81. The Bertz CT molecular complexity index is 768. The topological polar surface area (TPSA) is 88.7 Å². The van der Waals surface area contributed by atoms with E-state index in [9.17, 15) is 27.5 Å². The maximum absolute atomic E-state index is 13.3. The second-order valence-electron chi connectivity index (χ2n) is 5.59. The van der Waals surface area contributed by atoms with Crippen LogP contribution in [0.15, 0.2) is 29.0 Å². The monoisotopic (exact) mass is 375 g/mol. The molecule has 3 rings (SSSR count). The third-order valence-electron chi connectivity index (χ3n) is 3.69. The minimum atomic E-state index is -4.49. The number of oxazole rings is 1. The van der Waals surface area contributed by atoms with Gasteiger partial charge in [0, 0.05) is 12.3 Å². The summed E-state index contributed by atoms with van der Waals surface area (Å²) in [6.07, 6.45) is -5.56. The summed E-state index contributed by atoms with van der Waals surface area (Å²) in [5.74, 6) is -0.689. The second kappa shape index (κ2) is 6.90. The van der Waals surface area contributed by atoms with Crippen molar-refractivity contribution >= 4 is 5.91 Å². The van der Waals surface area contributed by atoms with Crippen LogP contribution in [-0.4, -0.2) is 51.2 Å². The summed E-state index contributed by atoms with van der Waals surface area (Å²) < 4.78 is 60.8. The van der Waals surface area contributed by atoms with Gasteiger partial charge in [0.25, 0.3) is 5.91 Å². The van der Waals surface area contributed by atoms with Crippen LogP contribution < -0.4 is 4.74 Å². The number of aliphatic hydroxyl groups is 1. The van der Waals surface area contributed by atoms with Crippen molar-refractivity contribution in [2.75, 3.05) is 13.1 Å². The summed E-state index contributed by atoms with van der Waals surface area (Å²) in [5.41, 5.74) is -1.00. The minimum absolute atomic E-state index is 0.00779. The van der Waals surface area contributed by atoms with Crippen LogP contribution in [0.5, 0.6) is 5.88 Å². The van der Waals surface area contributed by atoms with Crippen molar-refractivity contribution in [3.63, 3.8) is 0 Å². The fraction of sp³-hybridized carbons (Fsp3) is 0.400. The standard InChI is InChI=1S/C15H13F4N3O4/c16-9-4-22(5-11(9)23)14(24)10-6-25-13(21-10)7-26-12-2-1-8(3-20-12)15(17,18)19/h1-3,6,9,11,23H,4-5,7H2/t9-,11-/m1/s1. The lowest BCUT2D eigenvalue weighted by atomic mass is 10.3. The van der Waals surface area contributed by atoms with E-state index in [0.717, 1.165) is 23.3 Å². The smallest absolute Gasteiger partial charge is 0.417 e. The van der Waals surface area contributed by atoms with Crippen molar-refractivity contribution in [2.24, 2.45) is 0 Å². The molecule has 11 heteroatoms. The number of rotatable bonds is 4. The molecule has 1 saturated heterocycles. The second-order valence-corrected chi connectivity index (χ2v) is 5.59. The lowest BCUT2D eigenvalue weighted by Gasteiger charge is -2.12. The minimum Gasteiger partial charge on any atom is -0.468 e. The van der Waals surface area contributed by atoms with E-state index in [0.29, 0.717) is 6.20 Å². The average Bonchev–Trinajstić information content (AvgIpc) is 3.19. The van der Waals surface area contributed by atoms with Gasteiger partial charge in [-0.25, -0.2) is 14.4 Å². The first-order valence-electron chi connectivity index (χ1n) is 7.46. The molecule has 0 aromatic carbocycles. The van der Waals surface area contributed by atoms with Crippen LogP contribution in [0.3, 0.4) is 0 Å². The first-order valence-corrected chi connectivity index (χ1v) is 7.46. The van der Waals surface area contributed by atoms with Gasteiger partial charge in [-0.1, -0.05) is 0 Å². The predicted octanol–water partition coefficient (Wildman–Crippen LogP) is 1.82. The van der Waals surface area contributed by atoms with E-state index < -0.39 is 29.9 Å². The number of hydrogen-bond acceptors (Lipinski definition) is 6. The van der Waals surface area contributed by atoms with Crippen LogP contribution >= 0.6 is 0 Å². The van der Waals surface area contributed by atoms with Crippen molar-refractivity contribution in [3.05, 3.63) is 41.7 Å². The van der Waals surface area contributed by atoms with E-state index in [1.807, 2.05) is 0 Å². The molecule has 7 nitrogen and oxygen atoms in total. The van der Waals surface area contributed by atoms with Crippen molar-refractivity contribution in [1.29, 1.82) is 0 Å². The van der Waals surface area contributed by atoms with Crippen LogP contribution in [0.1, 0.15) is 21.9 Å². The average molecular weight is 375 g/mol. The molecule has 2 aromatic heterocycles. The molecule has 140 valence electrons. The maximum atomic E-state index is 13.3. The fourth-order valence-electron chi connectivity index (χ4n) is 2.32. The van der Waals surface area contributed by atoms with E-state index in [4.69, 9.17) is 9.15 Å². The predicted molar refractivity (Wildman–Crippen MR) is 76.9 cm³/mol. The molecule has 2 aromatic rings. The van der Waals surface area contributed by atoms with E-state index in [-0.39, 0.29) is 37.2 Å². The molecule has 0 radical (unpaired) electrons. The number of halogens is 4.